The first kappa shape index (κ1) is 20.8. The second-order valence-corrected chi connectivity index (χ2v) is 8.71. The predicted molar refractivity (Wildman–Crippen MR) is 113 cm³/mol. The Hall–Kier alpha value is -2.95. The summed E-state index contributed by atoms with van der Waals surface area (Å²) in [6, 6.07) is 9.90. The average molecular weight is 434 g/mol. The van der Waals surface area contributed by atoms with Crippen LogP contribution in [-0.4, -0.2) is 40.6 Å². The number of nitrogens with one attached hydrogen (secondary N) is 2. The van der Waals surface area contributed by atoms with Gasteiger partial charge in [0.2, 0.25) is 15.9 Å². The van der Waals surface area contributed by atoms with Gasteiger partial charge in [0, 0.05) is 6.08 Å². The van der Waals surface area contributed by atoms with Gasteiger partial charge in [-0.2, -0.15) is 0 Å². The van der Waals surface area contributed by atoms with Crippen molar-refractivity contribution >= 4 is 48.7 Å². The monoisotopic (exact) mass is 433 g/mol. The fourth-order valence-corrected chi connectivity index (χ4v) is 4.26. The van der Waals surface area contributed by atoms with E-state index >= 15 is 0 Å². The Labute approximate surface area is 172 Å². The molecule has 0 fully saturated rings. The van der Waals surface area contributed by atoms with Gasteiger partial charge < -0.3 is 9.47 Å². The Morgan fingerprint density at radius 1 is 1.10 bits per heavy atom. The summed E-state index contributed by atoms with van der Waals surface area (Å²) in [5.41, 5.74) is 1.37. The number of hydrogen-bond acceptors (Lipinski definition) is 7. The number of benzene rings is 2. The molecule has 0 spiro atoms. The van der Waals surface area contributed by atoms with Gasteiger partial charge in [-0.3, -0.25) is 10.1 Å². The smallest absolute Gasteiger partial charge is 0.250 e. The number of rotatable bonds is 7. The molecule has 0 unspecified atom stereocenters. The number of amides is 1. The quantitative estimate of drug-likeness (QED) is 0.555. The molecule has 0 saturated heterocycles. The summed E-state index contributed by atoms with van der Waals surface area (Å²) in [4.78, 5) is 16.7. The van der Waals surface area contributed by atoms with Crippen LogP contribution in [0.2, 0.25) is 0 Å². The van der Waals surface area contributed by atoms with Crippen LogP contribution < -0.4 is 19.5 Å². The summed E-state index contributed by atoms with van der Waals surface area (Å²) in [5.74, 6) is 0.804. The van der Waals surface area contributed by atoms with Crippen molar-refractivity contribution in [2.75, 3.05) is 26.6 Å². The zero-order valence-electron chi connectivity index (χ0n) is 15.9. The molecule has 0 aliphatic heterocycles. The van der Waals surface area contributed by atoms with Crippen molar-refractivity contribution in [3.05, 3.63) is 48.0 Å². The molecule has 10 heteroatoms. The zero-order valence-corrected chi connectivity index (χ0v) is 17.6. The second kappa shape index (κ2) is 8.60. The van der Waals surface area contributed by atoms with Crippen molar-refractivity contribution in [3.63, 3.8) is 0 Å². The topological polar surface area (TPSA) is 107 Å². The molecule has 8 nitrogen and oxygen atoms in total. The van der Waals surface area contributed by atoms with Crippen molar-refractivity contribution < 1.29 is 22.7 Å². The van der Waals surface area contributed by atoms with Gasteiger partial charge in [0.15, 0.2) is 16.6 Å². The van der Waals surface area contributed by atoms with Crippen molar-refractivity contribution in [2.24, 2.45) is 0 Å². The first-order valence-corrected chi connectivity index (χ1v) is 10.7. The first-order valence-electron chi connectivity index (χ1n) is 8.41. The highest BCUT2D eigenvalue weighted by Crippen LogP contribution is 2.29. The van der Waals surface area contributed by atoms with Gasteiger partial charge in [-0.1, -0.05) is 17.4 Å². The molecule has 0 radical (unpaired) electrons. The van der Waals surface area contributed by atoms with E-state index in [9.17, 15) is 13.2 Å². The molecule has 0 saturated carbocycles. The standard InChI is InChI=1S/C19H19N3O5S2/c1-20-29(24,25)13-6-7-14-17(11-13)28-19(21-14)22-18(23)9-5-12-4-8-15(26-2)16(10-12)27-3/h4-11,20H,1-3H3,(H,21,22,23). The Morgan fingerprint density at radius 3 is 2.55 bits per heavy atom. The molecule has 3 aromatic rings. The third kappa shape index (κ3) is 4.73. The second-order valence-electron chi connectivity index (χ2n) is 5.79. The van der Waals surface area contributed by atoms with E-state index in [-0.39, 0.29) is 10.8 Å². The molecular formula is C19H19N3O5S2. The normalized spacial score (nSPS) is 11.7. The van der Waals surface area contributed by atoms with Crippen LogP contribution in [0.25, 0.3) is 16.3 Å². The van der Waals surface area contributed by atoms with Gasteiger partial charge in [-0.25, -0.2) is 18.1 Å². The maximum atomic E-state index is 12.2. The molecule has 3 rings (SSSR count). The van der Waals surface area contributed by atoms with Gasteiger partial charge in [0.05, 0.1) is 29.3 Å². The molecule has 0 atom stereocenters. The first-order chi connectivity index (χ1) is 13.9. The number of hydrogen-bond donors (Lipinski definition) is 2. The van der Waals surface area contributed by atoms with Gasteiger partial charge in [0.1, 0.15) is 0 Å². The van der Waals surface area contributed by atoms with Crippen LogP contribution in [0.5, 0.6) is 11.5 Å². The Morgan fingerprint density at radius 2 is 1.86 bits per heavy atom. The minimum Gasteiger partial charge on any atom is -0.493 e. The van der Waals surface area contributed by atoms with Crippen LogP contribution in [0, 0.1) is 0 Å². The summed E-state index contributed by atoms with van der Waals surface area (Å²) < 4.78 is 37.2. The lowest BCUT2D eigenvalue weighted by Gasteiger charge is -2.07. The predicted octanol–water partition coefficient (Wildman–Crippen LogP) is 2.87. The average Bonchev–Trinajstić information content (AvgIpc) is 3.13. The van der Waals surface area contributed by atoms with E-state index < -0.39 is 10.0 Å². The third-order valence-corrected chi connectivity index (χ3v) is 6.35. The highest BCUT2D eigenvalue weighted by Gasteiger charge is 2.14. The van der Waals surface area contributed by atoms with Crippen LogP contribution in [0.3, 0.4) is 0 Å². The Kier molecular flexibility index (Phi) is 6.16. The minimum atomic E-state index is -3.54. The van der Waals surface area contributed by atoms with E-state index in [4.69, 9.17) is 9.47 Å². The lowest BCUT2D eigenvalue weighted by atomic mass is 10.2. The van der Waals surface area contributed by atoms with Crippen LogP contribution in [-0.2, 0) is 14.8 Å². The van der Waals surface area contributed by atoms with Crippen molar-refractivity contribution in [2.45, 2.75) is 4.90 Å². The molecular weight excluding hydrogens is 414 g/mol. The highest BCUT2D eigenvalue weighted by molar-refractivity contribution is 7.89. The lowest BCUT2D eigenvalue weighted by molar-refractivity contribution is -0.111. The van der Waals surface area contributed by atoms with Gasteiger partial charge in [0.25, 0.3) is 0 Å². The van der Waals surface area contributed by atoms with Crippen molar-refractivity contribution in [1.82, 2.24) is 9.71 Å². The molecule has 0 bridgehead atoms. The van der Waals surface area contributed by atoms with E-state index in [2.05, 4.69) is 15.0 Å². The summed E-state index contributed by atoms with van der Waals surface area (Å²) in [6.45, 7) is 0. The number of carbonyl (C=O) groups is 1. The summed E-state index contributed by atoms with van der Waals surface area (Å²) in [7, 11) is 0.899. The molecule has 0 aliphatic rings. The van der Waals surface area contributed by atoms with E-state index in [0.29, 0.717) is 26.8 Å². The fraction of sp³-hybridized carbons (Fsp3) is 0.158. The van der Waals surface area contributed by atoms with Crippen LogP contribution in [0.1, 0.15) is 5.56 Å². The highest BCUT2D eigenvalue weighted by atomic mass is 32.2. The maximum absolute atomic E-state index is 12.2. The minimum absolute atomic E-state index is 0.141. The summed E-state index contributed by atoms with van der Waals surface area (Å²) in [6.07, 6.45) is 3.02. The molecule has 1 heterocycles. The molecule has 1 aromatic heterocycles. The lowest BCUT2D eigenvalue weighted by Crippen LogP contribution is -2.18. The largest absolute Gasteiger partial charge is 0.493 e. The van der Waals surface area contributed by atoms with Gasteiger partial charge in [-0.15, -0.1) is 0 Å². The van der Waals surface area contributed by atoms with Crippen LogP contribution >= 0.6 is 11.3 Å². The molecule has 1 amide bonds. The summed E-state index contributed by atoms with van der Waals surface area (Å²) in [5, 5.41) is 3.06. The van der Waals surface area contributed by atoms with Gasteiger partial charge >= 0.3 is 0 Å². The van der Waals surface area contributed by atoms with Gasteiger partial charge in [-0.05, 0) is 49.0 Å². The van der Waals surface area contributed by atoms with E-state index in [1.165, 1.54) is 36.6 Å². The molecule has 29 heavy (non-hydrogen) atoms. The third-order valence-electron chi connectivity index (χ3n) is 4.00. The number of thiazole rings is 1. The molecule has 2 aromatic carbocycles. The van der Waals surface area contributed by atoms with Crippen molar-refractivity contribution in [1.29, 1.82) is 0 Å². The van der Waals surface area contributed by atoms with Crippen LogP contribution in [0.15, 0.2) is 47.4 Å². The molecule has 152 valence electrons. The summed E-state index contributed by atoms with van der Waals surface area (Å²) >= 11 is 1.19. The Bertz CT molecular complexity index is 1190. The van der Waals surface area contributed by atoms with E-state index in [0.717, 1.165) is 5.56 Å². The SMILES string of the molecule is CNS(=O)(=O)c1ccc2nc(NC(=O)C=Cc3ccc(OC)c(OC)c3)sc2c1. The number of nitrogens with zero attached hydrogens (tertiary/aromatic N) is 1. The molecule has 2 N–H and O–H groups in total. The number of fused-ring (bicyclic) bond motifs is 1. The number of ether oxygens (including phenoxy) is 2. The number of carbonyl (C=O) groups excluding carboxylic acids is 1. The number of sulfonamides is 1. The van der Waals surface area contributed by atoms with E-state index in [1.54, 1.807) is 44.6 Å². The van der Waals surface area contributed by atoms with Crippen LogP contribution in [0.4, 0.5) is 5.13 Å². The maximum Gasteiger partial charge on any atom is 0.250 e. The number of methoxy groups -OCH3 is 2. The zero-order chi connectivity index (χ0) is 21.0. The number of anilines is 1. The van der Waals surface area contributed by atoms with Crippen molar-refractivity contribution in [3.8, 4) is 11.5 Å². The van der Waals surface area contributed by atoms with E-state index in [1.807, 2.05) is 0 Å². The Balaban J connectivity index is 1.75. The molecule has 0 aliphatic carbocycles. The number of aromatic nitrogens is 1. The fourth-order valence-electron chi connectivity index (χ4n) is 2.52.